The van der Waals surface area contributed by atoms with Crippen LogP contribution in [-0.4, -0.2) is 55.4 Å². The molecule has 1 aliphatic heterocycles. The van der Waals surface area contributed by atoms with Crippen molar-refractivity contribution in [2.45, 2.75) is 26.4 Å². The average molecular weight is 321 g/mol. The van der Waals surface area contributed by atoms with E-state index in [2.05, 4.69) is 23.5 Å². The topological polar surface area (TPSA) is 59.0 Å². The molecule has 0 saturated carbocycles. The number of benzene rings is 1. The molecule has 1 N–H and O–H groups in total. The van der Waals surface area contributed by atoms with Crippen LogP contribution in [0.15, 0.2) is 24.3 Å². The SMILES string of the molecule is COC(=O)c1ccc(OC[C@H](O)CN2C[C@H](C)C[C@@H](C)C2)cc1. The molecule has 0 aromatic heterocycles. The van der Waals surface area contributed by atoms with Crippen LogP contribution in [-0.2, 0) is 4.74 Å². The lowest BCUT2D eigenvalue weighted by molar-refractivity contribution is 0.0428. The van der Waals surface area contributed by atoms with Crippen molar-refractivity contribution >= 4 is 5.97 Å². The summed E-state index contributed by atoms with van der Waals surface area (Å²) in [7, 11) is 1.35. The molecule has 2 rings (SSSR count). The molecule has 0 spiro atoms. The zero-order valence-electron chi connectivity index (χ0n) is 14.2. The van der Waals surface area contributed by atoms with Gasteiger partial charge >= 0.3 is 5.97 Å². The van der Waals surface area contributed by atoms with Gasteiger partial charge in [-0.15, -0.1) is 0 Å². The highest BCUT2D eigenvalue weighted by atomic mass is 16.5. The van der Waals surface area contributed by atoms with E-state index in [1.807, 2.05) is 0 Å². The quantitative estimate of drug-likeness (QED) is 0.814. The average Bonchev–Trinajstić information content (AvgIpc) is 2.51. The van der Waals surface area contributed by atoms with E-state index in [4.69, 9.17) is 4.74 Å². The van der Waals surface area contributed by atoms with Gasteiger partial charge in [-0.25, -0.2) is 4.79 Å². The monoisotopic (exact) mass is 321 g/mol. The number of β-amino-alcohol motifs (C(OH)–C–C–N with tert-alkyl or cyclic N) is 1. The smallest absolute Gasteiger partial charge is 0.337 e. The number of carbonyl (C=O) groups excluding carboxylic acids is 1. The molecular formula is C18H27NO4. The number of aliphatic hydroxyl groups is 1. The number of likely N-dealkylation sites (tertiary alicyclic amines) is 1. The highest BCUT2D eigenvalue weighted by Gasteiger charge is 2.23. The van der Waals surface area contributed by atoms with E-state index in [1.165, 1.54) is 13.5 Å². The van der Waals surface area contributed by atoms with Gasteiger partial charge in [-0.1, -0.05) is 13.8 Å². The third-order valence-electron chi connectivity index (χ3n) is 4.13. The number of carbonyl (C=O) groups is 1. The van der Waals surface area contributed by atoms with Crippen molar-refractivity contribution < 1.29 is 19.4 Å². The van der Waals surface area contributed by atoms with Crippen LogP contribution in [0.1, 0.15) is 30.6 Å². The molecule has 0 aliphatic carbocycles. The third-order valence-corrected chi connectivity index (χ3v) is 4.13. The minimum atomic E-state index is -0.521. The highest BCUT2D eigenvalue weighted by molar-refractivity contribution is 5.89. The van der Waals surface area contributed by atoms with E-state index in [1.54, 1.807) is 24.3 Å². The third kappa shape index (κ3) is 5.52. The predicted molar refractivity (Wildman–Crippen MR) is 88.7 cm³/mol. The molecule has 1 aromatic carbocycles. The fourth-order valence-corrected chi connectivity index (χ4v) is 3.29. The van der Waals surface area contributed by atoms with Crippen molar-refractivity contribution in [3.63, 3.8) is 0 Å². The van der Waals surface area contributed by atoms with Crippen molar-refractivity contribution in [1.29, 1.82) is 0 Å². The maximum Gasteiger partial charge on any atom is 0.337 e. The van der Waals surface area contributed by atoms with Crippen molar-refractivity contribution in [2.24, 2.45) is 11.8 Å². The summed E-state index contributed by atoms with van der Waals surface area (Å²) in [5.41, 5.74) is 0.483. The molecule has 1 heterocycles. The first-order valence-electron chi connectivity index (χ1n) is 8.19. The Labute approximate surface area is 138 Å². The van der Waals surface area contributed by atoms with E-state index in [0.29, 0.717) is 29.7 Å². The summed E-state index contributed by atoms with van der Waals surface area (Å²) in [4.78, 5) is 13.7. The first-order chi connectivity index (χ1) is 11.0. The molecule has 0 unspecified atom stereocenters. The Kier molecular flexibility index (Phi) is 6.42. The second kappa shape index (κ2) is 8.31. The Morgan fingerprint density at radius 3 is 2.43 bits per heavy atom. The molecule has 1 aliphatic rings. The molecule has 23 heavy (non-hydrogen) atoms. The summed E-state index contributed by atoms with van der Waals surface area (Å²) in [6.07, 6.45) is 0.739. The molecule has 0 amide bonds. The molecule has 1 saturated heterocycles. The van der Waals surface area contributed by atoms with Crippen LogP contribution >= 0.6 is 0 Å². The number of methoxy groups -OCH3 is 1. The lowest BCUT2D eigenvalue weighted by atomic mass is 9.92. The van der Waals surface area contributed by atoms with Gasteiger partial charge in [0.1, 0.15) is 18.5 Å². The first-order valence-corrected chi connectivity index (χ1v) is 8.19. The Morgan fingerprint density at radius 2 is 1.87 bits per heavy atom. The lowest BCUT2D eigenvalue weighted by Crippen LogP contribution is -2.43. The largest absolute Gasteiger partial charge is 0.491 e. The second-order valence-corrected chi connectivity index (χ2v) is 6.65. The van der Waals surface area contributed by atoms with Crippen LogP contribution in [0.5, 0.6) is 5.75 Å². The second-order valence-electron chi connectivity index (χ2n) is 6.65. The minimum Gasteiger partial charge on any atom is -0.491 e. The van der Waals surface area contributed by atoms with Crippen LogP contribution in [0.25, 0.3) is 0 Å². The summed E-state index contributed by atoms with van der Waals surface area (Å²) in [6.45, 7) is 7.47. The van der Waals surface area contributed by atoms with Crippen LogP contribution in [0.2, 0.25) is 0 Å². The summed E-state index contributed by atoms with van der Waals surface area (Å²) in [6, 6.07) is 6.73. The molecule has 0 radical (unpaired) electrons. The number of nitrogens with zero attached hydrogens (tertiary/aromatic N) is 1. The number of hydrogen-bond acceptors (Lipinski definition) is 5. The standard InChI is InChI=1S/C18H27NO4/c1-13-8-14(2)10-19(9-13)11-16(20)12-23-17-6-4-15(5-7-17)18(21)22-3/h4-7,13-14,16,20H,8-12H2,1-3H3/t13-,14-,16-/m1/s1. The maximum absolute atomic E-state index is 11.4. The van der Waals surface area contributed by atoms with E-state index >= 15 is 0 Å². The Hall–Kier alpha value is -1.59. The van der Waals surface area contributed by atoms with Gasteiger partial charge in [0.05, 0.1) is 12.7 Å². The molecule has 5 nitrogen and oxygen atoms in total. The zero-order valence-corrected chi connectivity index (χ0v) is 14.2. The molecule has 1 aromatic rings. The van der Waals surface area contributed by atoms with Gasteiger partial charge in [0, 0.05) is 19.6 Å². The van der Waals surface area contributed by atoms with Crippen molar-refractivity contribution in [3.8, 4) is 5.75 Å². The van der Waals surface area contributed by atoms with Gasteiger partial charge in [0.15, 0.2) is 0 Å². The fraction of sp³-hybridized carbons (Fsp3) is 0.611. The normalized spacial score (nSPS) is 23.3. The van der Waals surface area contributed by atoms with E-state index in [9.17, 15) is 9.90 Å². The summed E-state index contributed by atoms with van der Waals surface area (Å²) in [5, 5.41) is 10.2. The van der Waals surface area contributed by atoms with Crippen molar-refractivity contribution in [1.82, 2.24) is 4.90 Å². The van der Waals surface area contributed by atoms with Gasteiger partial charge in [-0.2, -0.15) is 0 Å². The van der Waals surface area contributed by atoms with Gasteiger partial charge in [-0.05, 0) is 42.5 Å². The minimum absolute atomic E-state index is 0.247. The van der Waals surface area contributed by atoms with Gasteiger partial charge in [0.2, 0.25) is 0 Å². The molecular weight excluding hydrogens is 294 g/mol. The van der Waals surface area contributed by atoms with Gasteiger partial charge < -0.3 is 19.5 Å². The lowest BCUT2D eigenvalue weighted by Gasteiger charge is -2.35. The molecule has 128 valence electrons. The highest BCUT2D eigenvalue weighted by Crippen LogP contribution is 2.21. The molecule has 1 fully saturated rings. The predicted octanol–water partition coefficient (Wildman–Crippen LogP) is 2.19. The molecule has 0 bridgehead atoms. The van der Waals surface area contributed by atoms with Crippen LogP contribution in [0.3, 0.4) is 0 Å². The maximum atomic E-state index is 11.4. The molecule has 3 atom stereocenters. The number of piperidine rings is 1. The van der Waals surface area contributed by atoms with Crippen molar-refractivity contribution in [2.75, 3.05) is 33.4 Å². The fourth-order valence-electron chi connectivity index (χ4n) is 3.29. The molecule has 5 heteroatoms. The van der Waals surface area contributed by atoms with Crippen molar-refractivity contribution in [3.05, 3.63) is 29.8 Å². The van der Waals surface area contributed by atoms with Crippen LogP contribution in [0, 0.1) is 11.8 Å². The Bertz CT molecular complexity index is 492. The summed E-state index contributed by atoms with van der Waals surface area (Å²) >= 11 is 0. The number of esters is 1. The van der Waals surface area contributed by atoms with E-state index in [-0.39, 0.29) is 12.6 Å². The zero-order chi connectivity index (χ0) is 16.8. The first kappa shape index (κ1) is 17.8. The van der Waals surface area contributed by atoms with Crippen LogP contribution in [0.4, 0.5) is 0 Å². The van der Waals surface area contributed by atoms with E-state index in [0.717, 1.165) is 13.1 Å². The van der Waals surface area contributed by atoms with Gasteiger partial charge in [-0.3, -0.25) is 0 Å². The summed E-state index contributed by atoms with van der Waals surface area (Å²) in [5.74, 6) is 1.62. The number of rotatable bonds is 6. The Morgan fingerprint density at radius 1 is 1.26 bits per heavy atom. The van der Waals surface area contributed by atoms with Crippen LogP contribution < -0.4 is 4.74 Å². The van der Waals surface area contributed by atoms with Gasteiger partial charge in [0.25, 0.3) is 0 Å². The number of ether oxygens (including phenoxy) is 2. The number of aliphatic hydroxyl groups excluding tert-OH is 1. The van der Waals surface area contributed by atoms with E-state index < -0.39 is 6.10 Å². The summed E-state index contributed by atoms with van der Waals surface area (Å²) < 4.78 is 10.3. The number of hydrogen-bond donors (Lipinski definition) is 1. The Balaban J connectivity index is 1.77.